The van der Waals surface area contributed by atoms with Crippen molar-refractivity contribution in [1.82, 2.24) is 15.3 Å². The second-order valence-corrected chi connectivity index (χ2v) is 3.62. The highest BCUT2D eigenvalue weighted by molar-refractivity contribution is 5.21. The normalized spacial score (nSPS) is 12.4. The van der Waals surface area contributed by atoms with E-state index in [1.54, 1.807) is 12.4 Å². The molecule has 4 heteroatoms. The molecule has 1 aromatic rings. The summed E-state index contributed by atoms with van der Waals surface area (Å²) < 4.78 is 0. The molecule has 1 atom stereocenters. The molecule has 0 bridgehead atoms. The van der Waals surface area contributed by atoms with E-state index < -0.39 is 0 Å². The largest absolute Gasteiger partial charge is 0.354 e. The quantitative estimate of drug-likeness (QED) is 0.669. The van der Waals surface area contributed by atoms with Gasteiger partial charge in [-0.1, -0.05) is 6.92 Å². The summed E-state index contributed by atoms with van der Waals surface area (Å²) in [6.45, 7) is 6.34. The van der Waals surface area contributed by atoms with E-state index in [1.807, 2.05) is 6.07 Å². The van der Waals surface area contributed by atoms with Gasteiger partial charge in [-0.15, -0.1) is 0 Å². The average molecular weight is 208 g/mol. The molecule has 0 saturated heterocycles. The van der Waals surface area contributed by atoms with Crippen LogP contribution in [0.2, 0.25) is 0 Å². The highest BCUT2D eigenvalue weighted by Crippen LogP contribution is 1.94. The van der Waals surface area contributed by atoms with E-state index in [1.165, 1.54) is 6.42 Å². The van der Waals surface area contributed by atoms with Gasteiger partial charge in [0.1, 0.15) is 0 Å². The molecule has 84 valence electrons. The minimum absolute atomic E-state index is 0.609. The number of anilines is 1. The zero-order valence-electron chi connectivity index (χ0n) is 9.53. The van der Waals surface area contributed by atoms with Gasteiger partial charge in [0.15, 0.2) is 0 Å². The smallest absolute Gasteiger partial charge is 0.222 e. The summed E-state index contributed by atoms with van der Waals surface area (Å²) in [7, 11) is 0. The highest BCUT2D eigenvalue weighted by Gasteiger charge is 1.96. The Kier molecular flexibility index (Phi) is 5.70. The van der Waals surface area contributed by atoms with E-state index in [0.29, 0.717) is 12.0 Å². The van der Waals surface area contributed by atoms with Crippen LogP contribution in [0.5, 0.6) is 0 Å². The van der Waals surface area contributed by atoms with Crippen molar-refractivity contribution in [2.45, 2.75) is 32.7 Å². The summed E-state index contributed by atoms with van der Waals surface area (Å²) in [4.78, 5) is 8.17. The number of nitrogens with zero attached hydrogens (tertiary/aromatic N) is 2. The Bertz CT molecular complexity index is 250. The van der Waals surface area contributed by atoms with Crippen LogP contribution in [0.25, 0.3) is 0 Å². The molecule has 15 heavy (non-hydrogen) atoms. The monoisotopic (exact) mass is 208 g/mol. The van der Waals surface area contributed by atoms with Gasteiger partial charge >= 0.3 is 0 Å². The zero-order valence-corrected chi connectivity index (χ0v) is 9.53. The molecule has 1 rings (SSSR count). The molecule has 0 aromatic carbocycles. The number of aromatic nitrogens is 2. The van der Waals surface area contributed by atoms with E-state index in [0.717, 1.165) is 19.5 Å². The van der Waals surface area contributed by atoms with Crippen molar-refractivity contribution in [1.29, 1.82) is 0 Å². The molecule has 0 aliphatic carbocycles. The minimum Gasteiger partial charge on any atom is -0.354 e. The maximum Gasteiger partial charge on any atom is 0.222 e. The first kappa shape index (κ1) is 11.9. The first-order chi connectivity index (χ1) is 7.33. The van der Waals surface area contributed by atoms with Crippen molar-refractivity contribution in [2.24, 2.45) is 0 Å². The van der Waals surface area contributed by atoms with E-state index >= 15 is 0 Å². The van der Waals surface area contributed by atoms with Crippen LogP contribution in [0.1, 0.15) is 26.7 Å². The van der Waals surface area contributed by atoms with Crippen molar-refractivity contribution < 1.29 is 0 Å². The molecule has 0 fully saturated rings. The lowest BCUT2D eigenvalue weighted by Crippen LogP contribution is -2.27. The van der Waals surface area contributed by atoms with E-state index in [2.05, 4.69) is 34.4 Å². The molecule has 0 aliphatic heterocycles. The number of hydrogen-bond donors (Lipinski definition) is 2. The lowest BCUT2D eigenvalue weighted by Gasteiger charge is -2.10. The fraction of sp³-hybridized carbons (Fsp3) is 0.636. The predicted molar refractivity (Wildman–Crippen MR) is 62.9 cm³/mol. The third-order valence-corrected chi connectivity index (χ3v) is 2.31. The average Bonchev–Trinajstić information content (AvgIpc) is 2.29. The maximum atomic E-state index is 4.09. The molecular formula is C11H20N4. The van der Waals surface area contributed by atoms with Gasteiger partial charge in [0.2, 0.25) is 5.95 Å². The summed E-state index contributed by atoms with van der Waals surface area (Å²) >= 11 is 0. The molecule has 0 amide bonds. The molecule has 0 aliphatic rings. The van der Waals surface area contributed by atoms with E-state index in [9.17, 15) is 0 Å². The van der Waals surface area contributed by atoms with Crippen LogP contribution in [-0.2, 0) is 0 Å². The molecule has 0 radical (unpaired) electrons. The van der Waals surface area contributed by atoms with Crippen LogP contribution in [-0.4, -0.2) is 29.1 Å². The van der Waals surface area contributed by atoms with Crippen molar-refractivity contribution in [2.75, 3.05) is 18.4 Å². The SMILES string of the molecule is CCC(C)NCCCNc1ncccn1. The summed E-state index contributed by atoms with van der Waals surface area (Å²) in [6, 6.07) is 2.42. The Morgan fingerprint density at radius 3 is 2.67 bits per heavy atom. The van der Waals surface area contributed by atoms with Crippen LogP contribution in [0, 0.1) is 0 Å². The van der Waals surface area contributed by atoms with Gasteiger partial charge in [-0.3, -0.25) is 0 Å². The number of rotatable bonds is 7. The van der Waals surface area contributed by atoms with E-state index in [-0.39, 0.29) is 0 Å². The highest BCUT2D eigenvalue weighted by atomic mass is 15.1. The Morgan fingerprint density at radius 2 is 2.00 bits per heavy atom. The molecule has 1 heterocycles. The topological polar surface area (TPSA) is 49.8 Å². The summed E-state index contributed by atoms with van der Waals surface area (Å²) in [5.74, 6) is 0.709. The van der Waals surface area contributed by atoms with Crippen molar-refractivity contribution in [3.8, 4) is 0 Å². The van der Waals surface area contributed by atoms with Gasteiger partial charge in [0, 0.05) is 25.0 Å². The van der Waals surface area contributed by atoms with E-state index in [4.69, 9.17) is 0 Å². The van der Waals surface area contributed by atoms with Gasteiger partial charge in [-0.05, 0) is 32.4 Å². The first-order valence-corrected chi connectivity index (χ1v) is 5.57. The maximum absolute atomic E-state index is 4.09. The van der Waals surface area contributed by atoms with Crippen molar-refractivity contribution in [3.63, 3.8) is 0 Å². The minimum atomic E-state index is 0.609. The molecular weight excluding hydrogens is 188 g/mol. The van der Waals surface area contributed by atoms with Crippen LogP contribution >= 0.6 is 0 Å². The Morgan fingerprint density at radius 1 is 1.27 bits per heavy atom. The van der Waals surface area contributed by atoms with Crippen LogP contribution in [0.4, 0.5) is 5.95 Å². The Hall–Kier alpha value is -1.16. The summed E-state index contributed by atoms with van der Waals surface area (Å²) in [6.07, 6.45) is 5.75. The second-order valence-electron chi connectivity index (χ2n) is 3.62. The van der Waals surface area contributed by atoms with Crippen molar-refractivity contribution >= 4 is 5.95 Å². The zero-order chi connectivity index (χ0) is 10.9. The second kappa shape index (κ2) is 7.17. The Balaban J connectivity index is 2.03. The standard InChI is InChI=1S/C11H20N4/c1-3-10(2)12-6-4-7-13-11-14-8-5-9-15-11/h5,8-10,12H,3-4,6-7H2,1-2H3,(H,13,14,15). The van der Waals surface area contributed by atoms with Gasteiger partial charge in [0.25, 0.3) is 0 Å². The summed E-state index contributed by atoms with van der Waals surface area (Å²) in [5.41, 5.74) is 0. The van der Waals surface area contributed by atoms with Crippen LogP contribution in [0.15, 0.2) is 18.5 Å². The van der Waals surface area contributed by atoms with Gasteiger partial charge in [-0.25, -0.2) is 9.97 Å². The number of nitrogens with one attached hydrogen (secondary N) is 2. The fourth-order valence-corrected chi connectivity index (χ4v) is 1.17. The van der Waals surface area contributed by atoms with Crippen LogP contribution < -0.4 is 10.6 Å². The van der Waals surface area contributed by atoms with Crippen molar-refractivity contribution in [3.05, 3.63) is 18.5 Å². The predicted octanol–water partition coefficient (Wildman–Crippen LogP) is 1.67. The molecule has 0 spiro atoms. The molecule has 4 nitrogen and oxygen atoms in total. The molecule has 1 aromatic heterocycles. The fourth-order valence-electron chi connectivity index (χ4n) is 1.17. The number of hydrogen-bond acceptors (Lipinski definition) is 4. The third-order valence-electron chi connectivity index (χ3n) is 2.31. The Labute approximate surface area is 91.5 Å². The molecule has 0 saturated carbocycles. The van der Waals surface area contributed by atoms with Gasteiger partial charge in [0.05, 0.1) is 0 Å². The third kappa shape index (κ3) is 5.32. The summed E-state index contributed by atoms with van der Waals surface area (Å²) in [5, 5.41) is 6.61. The lowest BCUT2D eigenvalue weighted by atomic mass is 10.2. The van der Waals surface area contributed by atoms with Crippen LogP contribution in [0.3, 0.4) is 0 Å². The van der Waals surface area contributed by atoms with Gasteiger partial charge < -0.3 is 10.6 Å². The molecule has 2 N–H and O–H groups in total. The van der Waals surface area contributed by atoms with Gasteiger partial charge in [-0.2, -0.15) is 0 Å². The molecule has 1 unspecified atom stereocenters. The first-order valence-electron chi connectivity index (χ1n) is 5.57. The lowest BCUT2D eigenvalue weighted by molar-refractivity contribution is 0.529.